The van der Waals surface area contributed by atoms with Crippen LogP contribution < -0.4 is 34.2 Å². The van der Waals surface area contributed by atoms with E-state index in [0.29, 0.717) is 51.0 Å². The summed E-state index contributed by atoms with van der Waals surface area (Å²) in [5.74, 6) is 0.367. The number of ketones is 1. The van der Waals surface area contributed by atoms with Crippen molar-refractivity contribution in [3.8, 4) is 34.5 Å². The molecular formula is C29H25NO9. The van der Waals surface area contributed by atoms with E-state index in [4.69, 9.17) is 34.2 Å². The molecular weight excluding hydrogens is 506 g/mol. The molecule has 2 N–H and O–H groups in total. The number of methoxy groups -OCH3 is 3. The third-order valence-corrected chi connectivity index (χ3v) is 6.46. The summed E-state index contributed by atoms with van der Waals surface area (Å²) in [6.07, 6.45) is 1.58. The molecule has 2 heterocycles. The van der Waals surface area contributed by atoms with Gasteiger partial charge in [-0.1, -0.05) is 18.2 Å². The molecule has 0 saturated heterocycles. The van der Waals surface area contributed by atoms with Gasteiger partial charge in [0.2, 0.25) is 5.78 Å². The van der Waals surface area contributed by atoms with Crippen molar-refractivity contribution in [2.24, 2.45) is 5.73 Å². The van der Waals surface area contributed by atoms with Crippen LogP contribution in [0.2, 0.25) is 0 Å². The Morgan fingerprint density at radius 1 is 0.974 bits per heavy atom. The molecule has 200 valence electrons. The summed E-state index contributed by atoms with van der Waals surface area (Å²) < 4.78 is 33.4. The molecule has 0 aromatic heterocycles. The lowest BCUT2D eigenvalue weighted by molar-refractivity contribution is -0.135. The van der Waals surface area contributed by atoms with Gasteiger partial charge in [0.05, 0.1) is 33.3 Å². The lowest BCUT2D eigenvalue weighted by atomic mass is 9.84. The molecule has 0 aliphatic carbocycles. The van der Waals surface area contributed by atoms with Crippen LogP contribution in [0, 0.1) is 0 Å². The molecule has 0 saturated carbocycles. The third-order valence-electron chi connectivity index (χ3n) is 6.46. The van der Waals surface area contributed by atoms with Gasteiger partial charge in [-0.25, -0.2) is 0 Å². The zero-order valence-corrected chi connectivity index (χ0v) is 21.4. The van der Waals surface area contributed by atoms with Crippen molar-refractivity contribution in [3.05, 3.63) is 76.5 Å². The number of fused-ring (bicyclic) bond motifs is 3. The Hall–Kier alpha value is -4.99. The summed E-state index contributed by atoms with van der Waals surface area (Å²) >= 11 is 0. The largest absolute Gasteiger partial charge is 0.493 e. The van der Waals surface area contributed by atoms with Crippen molar-refractivity contribution in [3.63, 3.8) is 0 Å². The van der Waals surface area contributed by atoms with Crippen molar-refractivity contribution in [2.75, 3.05) is 27.9 Å². The molecule has 39 heavy (non-hydrogen) atoms. The topological polar surface area (TPSA) is 133 Å². The zero-order valence-electron chi connectivity index (χ0n) is 21.4. The minimum atomic E-state index is -0.647. The van der Waals surface area contributed by atoms with Crippen molar-refractivity contribution in [1.29, 1.82) is 0 Å². The smallest absolute Gasteiger partial charge is 0.312 e. The Morgan fingerprint density at radius 3 is 2.49 bits per heavy atom. The van der Waals surface area contributed by atoms with E-state index in [2.05, 4.69) is 0 Å². The zero-order chi connectivity index (χ0) is 27.7. The quantitative estimate of drug-likeness (QED) is 0.263. The highest BCUT2D eigenvalue weighted by Gasteiger charge is 2.39. The molecule has 0 spiro atoms. The maximum Gasteiger partial charge on any atom is 0.312 e. The maximum atomic E-state index is 13.4. The minimum absolute atomic E-state index is 0.00858. The fraction of sp³-hybridized carbons (Fsp3) is 0.207. The molecule has 3 aromatic carbocycles. The van der Waals surface area contributed by atoms with E-state index in [-0.39, 0.29) is 30.3 Å². The lowest BCUT2D eigenvalue weighted by Crippen LogP contribution is -2.22. The first-order valence-electron chi connectivity index (χ1n) is 12.0. The average molecular weight is 532 g/mol. The van der Waals surface area contributed by atoms with Crippen molar-refractivity contribution in [1.82, 2.24) is 0 Å². The number of hydrogen-bond acceptors (Lipinski definition) is 9. The molecule has 5 rings (SSSR count). The second-order valence-electron chi connectivity index (χ2n) is 8.77. The number of hydrogen-bond donors (Lipinski definition) is 1. The van der Waals surface area contributed by atoms with Crippen LogP contribution in [0.25, 0.3) is 6.08 Å². The summed E-state index contributed by atoms with van der Waals surface area (Å²) in [5.41, 5.74) is 7.39. The number of benzene rings is 3. The van der Waals surface area contributed by atoms with Gasteiger partial charge in [0.25, 0.3) is 5.91 Å². The van der Waals surface area contributed by atoms with E-state index in [0.717, 1.165) is 0 Å². The van der Waals surface area contributed by atoms with E-state index in [9.17, 15) is 14.4 Å². The molecule has 0 unspecified atom stereocenters. The predicted molar refractivity (Wildman–Crippen MR) is 139 cm³/mol. The van der Waals surface area contributed by atoms with Crippen LogP contribution in [0.5, 0.6) is 34.5 Å². The van der Waals surface area contributed by atoms with Gasteiger partial charge in [0.1, 0.15) is 11.5 Å². The van der Waals surface area contributed by atoms with Crippen LogP contribution in [0.15, 0.2) is 54.3 Å². The fourth-order valence-electron chi connectivity index (χ4n) is 4.73. The highest BCUT2D eigenvalue weighted by Crippen LogP contribution is 2.50. The van der Waals surface area contributed by atoms with E-state index in [1.54, 1.807) is 54.6 Å². The van der Waals surface area contributed by atoms with Gasteiger partial charge in [-0.15, -0.1) is 0 Å². The predicted octanol–water partition coefficient (Wildman–Crippen LogP) is 3.63. The van der Waals surface area contributed by atoms with Gasteiger partial charge in [-0.2, -0.15) is 0 Å². The molecule has 0 bridgehead atoms. The second kappa shape index (κ2) is 10.4. The average Bonchev–Trinajstić information content (AvgIpc) is 3.25. The van der Waals surface area contributed by atoms with Gasteiger partial charge in [0.15, 0.2) is 35.4 Å². The molecule has 2 aliphatic heterocycles. The third kappa shape index (κ3) is 4.72. The fourth-order valence-corrected chi connectivity index (χ4v) is 4.73. The highest BCUT2D eigenvalue weighted by molar-refractivity contribution is 6.15. The number of Topliss-reactive ketones (excluding diaryl/α,β-unsaturated/α-hetero) is 1. The number of nitrogens with two attached hydrogens (primary N) is 1. The number of amides is 1. The van der Waals surface area contributed by atoms with Crippen molar-refractivity contribution in [2.45, 2.75) is 12.3 Å². The number of esters is 1. The molecule has 1 amide bonds. The molecule has 10 nitrogen and oxygen atoms in total. The number of allylic oxidation sites excluding steroid dienone is 1. The second-order valence-corrected chi connectivity index (χ2v) is 8.77. The van der Waals surface area contributed by atoms with Crippen LogP contribution in [0.1, 0.15) is 39.4 Å². The normalized spacial score (nSPS) is 16.6. The Bertz CT molecular complexity index is 1530. The van der Waals surface area contributed by atoms with Gasteiger partial charge in [-0.05, 0) is 42.0 Å². The molecule has 0 radical (unpaired) electrons. The van der Waals surface area contributed by atoms with E-state index >= 15 is 0 Å². The first kappa shape index (κ1) is 25.7. The van der Waals surface area contributed by atoms with Crippen LogP contribution in [0.3, 0.4) is 0 Å². The molecule has 1 atom stereocenters. The molecule has 3 aromatic rings. The van der Waals surface area contributed by atoms with Gasteiger partial charge in [0, 0.05) is 17.0 Å². The minimum Gasteiger partial charge on any atom is -0.493 e. The Kier molecular flexibility index (Phi) is 6.84. The number of carbonyl (C=O) groups is 3. The van der Waals surface area contributed by atoms with Gasteiger partial charge >= 0.3 is 5.97 Å². The monoisotopic (exact) mass is 531 g/mol. The standard InChI is InChI=1S/C29H25NO9/c1-34-19-9-7-15(11-22(19)37-14-24(30)31)18-13-25(32)38-20-10-8-17-27(33)23(39-29(17)26(18)20)12-16-5-4-6-21(35-2)28(16)36-3/h4-12,18H,13-14H2,1-3H3,(H2,30,31)/b23-12-/t18-/m1/s1. The molecule has 10 heteroatoms. The van der Waals surface area contributed by atoms with Crippen LogP contribution >= 0.6 is 0 Å². The SMILES string of the molecule is COc1ccc([C@H]2CC(=O)Oc3ccc4c(c32)O/C(=C\c2cccc(OC)c2OC)C4=O)cc1OCC(N)=O. The molecule has 2 aliphatic rings. The highest BCUT2D eigenvalue weighted by atomic mass is 16.5. The Labute approximate surface area is 223 Å². The van der Waals surface area contributed by atoms with Gasteiger partial charge in [-0.3, -0.25) is 14.4 Å². The van der Waals surface area contributed by atoms with Crippen molar-refractivity contribution < 1.29 is 42.8 Å². The number of ether oxygens (including phenoxy) is 6. The first-order valence-corrected chi connectivity index (χ1v) is 12.0. The summed E-state index contributed by atoms with van der Waals surface area (Å²) in [6, 6.07) is 13.6. The lowest BCUT2D eigenvalue weighted by Gasteiger charge is -2.26. The first-order chi connectivity index (χ1) is 18.8. The summed E-state index contributed by atoms with van der Waals surface area (Å²) in [4.78, 5) is 37.2. The maximum absolute atomic E-state index is 13.4. The van der Waals surface area contributed by atoms with Gasteiger partial charge < -0.3 is 34.2 Å². The van der Waals surface area contributed by atoms with Crippen molar-refractivity contribution >= 4 is 23.7 Å². The van der Waals surface area contributed by atoms with E-state index in [1.807, 2.05) is 0 Å². The number of para-hydroxylation sites is 1. The summed E-state index contributed by atoms with van der Waals surface area (Å²) in [6.45, 7) is -0.349. The number of primary amides is 1. The number of carbonyl (C=O) groups excluding carboxylic acids is 3. The summed E-state index contributed by atoms with van der Waals surface area (Å²) in [7, 11) is 4.51. The summed E-state index contributed by atoms with van der Waals surface area (Å²) in [5, 5.41) is 0. The molecule has 0 fully saturated rings. The van der Waals surface area contributed by atoms with Crippen LogP contribution in [-0.4, -0.2) is 45.6 Å². The Morgan fingerprint density at radius 2 is 1.77 bits per heavy atom. The Balaban J connectivity index is 1.58. The van der Waals surface area contributed by atoms with Crippen LogP contribution in [-0.2, 0) is 9.59 Å². The van der Waals surface area contributed by atoms with E-state index < -0.39 is 17.8 Å². The number of rotatable bonds is 8. The van der Waals surface area contributed by atoms with Crippen LogP contribution in [0.4, 0.5) is 0 Å². The van der Waals surface area contributed by atoms with E-state index in [1.165, 1.54) is 21.3 Å².